The van der Waals surface area contributed by atoms with Gasteiger partial charge < -0.3 is 5.32 Å². The van der Waals surface area contributed by atoms with Crippen molar-refractivity contribution < 1.29 is 9.18 Å². The summed E-state index contributed by atoms with van der Waals surface area (Å²) >= 11 is 1.35. The van der Waals surface area contributed by atoms with Gasteiger partial charge in [-0.05, 0) is 44.5 Å². The van der Waals surface area contributed by atoms with E-state index in [-0.39, 0.29) is 17.8 Å². The fourth-order valence-electron chi connectivity index (χ4n) is 2.63. The van der Waals surface area contributed by atoms with E-state index in [0.717, 1.165) is 11.3 Å². The van der Waals surface area contributed by atoms with E-state index in [1.165, 1.54) is 17.8 Å². The number of hydrogen-bond donors (Lipinski definition) is 1. The first-order chi connectivity index (χ1) is 11.4. The summed E-state index contributed by atoms with van der Waals surface area (Å²) in [6.45, 7) is 5.56. The summed E-state index contributed by atoms with van der Waals surface area (Å²) in [5, 5.41) is 3.32. The van der Waals surface area contributed by atoms with Gasteiger partial charge in [-0.3, -0.25) is 14.8 Å². The number of carbonyl (C=O) groups is 1. The standard InChI is InChI=1S/C18H18FN3OS/c1-11-10-13(8-9-20-11)18(3)16(23)22-17(24-18)21-12(2)14-6-4-5-7-15(14)19/h4-10,12H,1-3H3,(H,21,22,23)/t12-,18?/m0/s1. The van der Waals surface area contributed by atoms with Crippen LogP contribution in [0.5, 0.6) is 0 Å². The first-order valence-electron chi connectivity index (χ1n) is 7.66. The molecule has 4 nitrogen and oxygen atoms in total. The number of carbonyl (C=O) groups excluding carboxylic acids is 1. The van der Waals surface area contributed by atoms with E-state index < -0.39 is 4.75 Å². The van der Waals surface area contributed by atoms with Crippen molar-refractivity contribution in [3.63, 3.8) is 0 Å². The predicted molar refractivity (Wildman–Crippen MR) is 94.3 cm³/mol. The minimum absolute atomic E-state index is 0.127. The molecule has 0 spiro atoms. The van der Waals surface area contributed by atoms with Gasteiger partial charge >= 0.3 is 0 Å². The maximum absolute atomic E-state index is 13.9. The van der Waals surface area contributed by atoms with Gasteiger partial charge in [0.1, 0.15) is 10.6 Å². The van der Waals surface area contributed by atoms with Gasteiger partial charge in [0, 0.05) is 17.5 Å². The molecule has 1 unspecified atom stereocenters. The molecule has 1 N–H and O–H groups in total. The van der Waals surface area contributed by atoms with Gasteiger partial charge in [0.15, 0.2) is 5.17 Å². The van der Waals surface area contributed by atoms with Crippen LogP contribution in [0.4, 0.5) is 4.39 Å². The zero-order chi connectivity index (χ0) is 17.3. The maximum Gasteiger partial charge on any atom is 0.246 e. The molecule has 0 radical (unpaired) electrons. The van der Waals surface area contributed by atoms with Crippen LogP contribution in [-0.2, 0) is 9.54 Å². The molecule has 1 saturated heterocycles. The topological polar surface area (TPSA) is 54.4 Å². The van der Waals surface area contributed by atoms with Gasteiger partial charge in [-0.2, -0.15) is 0 Å². The molecule has 1 fully saturated rings. The first kappa shape index (κ1) is 16.6. The van der Waals surface area contributed by atoms with Gasteiger partial charge in [0.05, 0.1) is 6.04 Å². The largest absolute Gasteiger partial charge is 0.304 e. The van der Waals surface area contributed by atoms with E-state index in [2.05, 4.69) is 15.3 Å². The van der Waals surface area contributed by atoms with Crippen molar-refractivity contribution in [2.45, 2.75) is 31.6 Å². The molecule has 0 bridgehead atoms. The lowest BCUT2D eigenvalue weighted by atomic mass is 10.00. The average molecular weight is 343 g/mol. The fraction of sp³-hybridized carbons (Fsp3) is 0.278. The van der Waals surface area contributed by atoms with Crippen LogP contribution in [0, 0.1) is 12.7 Å². The van der Waals surface area contributed by atoms with E-state index in [9.17, 15) is 9.18 Å². The molecule has 0 saturated carbocycles. The zero-order valence-electron chi connectivity index (χ0n) is 13.7. The van der Waals surface area contributed by atoms with Crippen LogP contribution in [-0.4, -0.2) is 16.1 Å². The first-order valence-corrected chi connectivity index (χ1v) is 8.47. The van der Waals surface area contributed by atoms with Crippen molar-refractivity contribution in [1.82, 2.24) is 10.3 Å². The molecule has 2 aromatic rings. The third-order valence-electron chi connectivity index (χ3n) is 4.07. The van der Waals surface area contributed by atoms with E-state index in [0.29, 0.717) is 10.7 Å². The Hall–Kier alpha value is -2.21. The number of thioether (sulfide) groups is 1. The highest BCUT2D eigenvalue weighted by Gasteiger charge is 2.44. The van der Waals surface area contributed by atoms with Crippen LogP contribution in [0.1, 0.15) is 36.7 Å². The summed E-state index contributed by atoms with van der Waals surface area (Å²) < 4.78 is 13.1. The van der Waals surface area contributed by atoms with Crippen molar-refractivity contribution in [3.05, 3.63) is 65.2 Å². The lowest BCUT2D eigenvalue weighted by Gasteiger charge is -2.19. The number of hydrogen-bond acceptors (Lipinski definition) is 4. The van der Waals surface area contributed by atoms with E-state index in [1.807, 2.05) is 32.9 Å². The van der Waals surface area contributed by atoms with Crippen molar-refractivity contribution in [2.75, 3.05) is 0 Å². The highest BCUT2D eigenvalue weighted by molar-refractivity contribution is 8.15. The number of aromatic nitrogens is 1. The Morgan fingerprint density at radius 2 is 2.08 bits per heavy atom. The van der Waals surface area contributed by atoms with Crippen LogP contribution >= 0.6 is 11.8 Å². The number of amides is 1. The van der Waals surface area contributed by atoms with Crippen LogP contribution in [0.25, 0.3) is 0 Å². The lowest BCUT2D eigenvalue weighted by molar-refractivity contribution is -0.121. The van der Waals surface area contributed by atoms with Crippen molar-refractivity contribution in [3.8, 4) is 0 Å². The van der Waals surface area contributed by atoms with E-state index in [1.54, 1.807) is 24.4 Å². The maximum atomic E-state index is 13.9. The van der Waals surface area contributed by atoms with Gasteiger partial charge in [-0.1, -0.05) is 30.0 Å². The lowest BCUT2D eigenvalue weighted by Crippen LogP contribution is -2.31. The van der Waals surface area contributed by atoms with Gasteiger partial charge in [-0.25, -0.2) is 4.39 Å². The van der Waals surface area contributed by atoms with Gasteiger partial charge in [0.2, 0.25) is 5.91 Å². The molecule has 6 heteroatoms. The molecule has 2 atom stereocenters. The third kappa shape index (κ3) is 3.06. The summed E-state index contributed by atoms with van der Waals surface area (Å²) in [7, 11) is 0. The minimum Gasteiger partial charge on any atom is -0.304 e. The molecular formula is C18H18FN3OS. The summed E-state index contributed by atoms with van der Waals surface area (Å²) in [5.41, 5.74) is 2.24. The molecule has 1 aliphatic heterocycles. The number of nitrogens with zero attached hydrogens (tertiary/aromatic N) is 2. The monoisotopic (exact) mass is 343 g/mol. The Bertz CT molecular complexity index is 823. The Morgan fingerprint density at radius 3 is 2.79 bits per heavy atom. The van der Waals surface area contributed by atoms with E-state index in [4.69, 9.17) is 0 Å². The minimum atomic E-state index is -0.762. The Labute approximate surface area is 144 Å². The average Bonchev–Trinajstić information content (AvgIpc) is 2.83. The third-order valence-corrected chi connectivity index (χ3v) is 5.30. The smallest absolute Gasteiger partial charge is 0.246 e. The Balaban J connectivity index is 1.88. The van der Waals surface area contributed by atoms with Crippen molar-refractivity contribution in [2.24, 2.45) is 4.99 Å². The summed E-state index contributed by atoms with van der Waals surface area (Å²) in [4.78, 5) is 21.2. The second-order valence-corrected chi connectivity index (χ2v) is 7.31. The molecule has 1 aliphatic rings. The summed E-state index contributed by atoms with van der Waals surface area (Å²) in [6, 6.07) is 9.90. The number of pyridine rings is 1. The molecule has 1 aromatic carbocycles. The predicted octanol–water partition coefficient (Wildman–Crippen LogP) is 3.72. The highest BCUT2D eigenvalue weighted by Crippen LogP contribution is 2.41. The van der Waals surface area contributed by atoms with Gasteiger partial charge in [0.25, 0.3) is 0 Å². The number of aryl methyl sites for hydroxylation is 1. The fourth-order valence-corrected chi connectivity index (χ4v) is 3.76. The van der Waals surface area contributed by atoms with Gasteiger partial charge in [-0.15, -0.1) is 0 Å². The zero-order valence-corrected chi connectivity index (χ0v) is 14.5. The number of aliphatic imine (C=N–C) groups is 1. The molecule has 1 aromatic heterocycles. The number of nitrogens with one attached hydrogen (secondary N) is 1. The molecule has 1 amide bonds. The summed E-state index contributed by atoms with van der Waals surface area (Å²) in [6.07, 6.45) is 1.70. The number of halogens is 1. The second kappa shape index (κ2) is 6.36. The molecule has 0 aliphatic carbocycles. The molecule has 2 heterocycles. The van der Waals surface area contributed by atoms with Crippen LogP contribution in [0.15, 0.2) is 47.6 Å². The Morgan fingerprint density at radius 1 is 1.33 bits per heavy atom. The highest BCUT2D eigenvalue weighted by atomic mass is 32.2. The molecule has 3 rings (SSSR count). The number of amidine groups is 1. The number of benzene rings is 1. The quantitative estimate of drug-likeness (QED) is 0.924. The van der Waals surface area contributed by atoms with Crippen molar-refractivity contribution >= 4 is 22.8 Å². The molecule has 124 valence electrons. The summed E-state index contributed by atoms with van der Waals surface area (Å²) in [5.74, 6) is -0.422. The Kier molecular flexibility index (Phi) is 4.41. The SMILES string of the molecule is Cc1cc(C2(C)SC(=N[C@@H](C)c3ccccc3F)NC2=O)ccn1. The van der Waals surface area contributed by atoms with Crippen LogP contribution in [0.2, 0.25) is 0 Å². The van der Waals surface area contributed by atoms with Crippen molar-refractivity contribution in [1.29, 1.82) is 0 Å². The second-order valence-electron chi connectivity index (χ2n) is 5.91. The van der Waals surface area contributed by atoms with E-state index >= 15 is 0 Å². The normalized spacial score (nSPS) is 23.3. The van der Waals surface area contributed by atoms with Crippen LogP contribution in [0.3, 0.4) is 0 Å². The van der Waals surface area contributed by atoms with Crippen LogP contribution < -0.4 is 5.32 Å². The number of rotatable bonds is 3. The molecular weight excluding hydrogens is 325 g/mol. The molecule has 24 heavy (non-hydrogen) atoms.